The molecule has 1 aromatic carbocycles. The first-order valence-corrected chi connectivity index (χ1v) is 7.15. The summed E-state index contributed by atoms with van der Waals surface area (Å²) in [6.45, 7) is 7.67. The van der Waals surface area contributed by atoms with E-state index < -0.39 is 0 Å². The Morgan fingerprint density at radius 1 is 1.17 bits per heavy atom. The molecule has 2 heteroatoms. The Morgan fingerprint density at radius 2 is 1.83 bits per heavy atom. The molecule has 1 heterocycles. The van der Waals surface area contributed by atoms with Crippen LogP contribution in [0.1, 0.15) is 37.3 Å². The van der Waals surface area contributed by atoms with E-state index in [1.54, 1.807) is 0 Å². The van der Waals surface area contributed by atoms with Crippen LogP contribution in [0.2, 0.25) is 0 Å². The molecule has 0 bridgehead atoms. The van der Waals surface area contributed by atoms with E-state index in [0.29, 0.717) is 0 Å². The topological polar surface area (TPSA) is 29.3 Å². The summed E-state index contributed by atoms with van der Waals surface area (Å²) in [6, 6.07) is 8.69. The van der Waals surface area contributed by atoms with E-state index in [1.807, 2.05) is 0 Å². The molecule has 0 spiro atoms. The van der Waals surface area contributed by atoms with Crippen LogP contribution in [-0.2, 0) is 6.42 Å². The molecule has 1 aromatic rings. The predicted octanol–water partition coefficient (Wildman–Crippen LogP) is 2.74. The van der Waals surface area contributed by atoms with Gasteiger partial charge in [-0.15, -0.1) is 0 Å². The Bertz CT molecular complexity index is 382. The molecule has 18 heavy (non-hydrogen) atoms. The van der Waals surface area contributed by atoms with E-state index in [9.17, 15) is 0 Å². The van der Waals surface area contributed by atoms with Crippen LogP contribution in [-0.4, -0.2) is 30.1 Å². The highest BCUT2D eigenvalue weighted by Crippen LogP contribution is 2.25. The van der Waals surface area contributed by atoms with Gasteiger partial charge in [0.05, 0.1) is 0 Å². The fraction of sp³-hybridized carbons (Fsp3) is 0.625. The zero-order valence-electron chi connectivity index (χ0n) is 11.8. The highest BCUT2D eigenvalue weighted by molar-refractivity contribution is 5.27. The molecule has 0 radical (unpaired) electrons. The molecule has 2 rings (SSSR count). The van der Waals surface area contributed by atoms with Crippen molar-refractivity contribution < 1.29 is 0 Å². The number of likely N-dealkylation sites (tertiary alicyclic amines) is 1. The SMILES string of the molecule is Cc1ccccc1CC(C)(CN)N1CCCCC1. The van der Waals surface area contributed by atoms with Gasteiger partial charge in [0, 0.05) is 12.1 Å². The van der Waals surface area contributed by atoms with Crippen molar-refractivity contribution in [2.45, 2.75) is 45.1 Å². The Hall–Kier alpha value is -0.860. The Balaban J connectivity index is 2.14. The lowest BCUT2D eigenvalue weighted by atomic mass is 9.87. The lowest BCUT2D eigenvalue weighted by molar-refractivity contribution is 0.0869. The first-order chi connectivity index (χ1) is 8.65. The minimum absolute atomic E-state index is 0.118. The minimum atomic E-state index is 0.118. The second kappa shape index (κ2) is 5.85. The second-order valence-electron chi connectivity index (χ2n) is 5.85. The number of benzene rings is 1. The van der Waals surface area contributed by atoms with E-state index in [1.165, 1.54) is 43.5 Å². The average molecular weight is 246 g/mol. The monoisotopic (exact) mass is 246 g/mol. The Labute approximate surface area is 111 Å². The Morgan fingerprint density at radius 3 is 2.44 bits per heavy atom. The van der Waals surface area contributed by atoms with Crippen molar-refractivity contribution in [2.75, 3.05) is 19.6 Å². The van der Waals surface area contributed by atoms with Gasteiger partial charge >= 0.3 is 0 Å². The molecule has 2 N–H and O–H groups in total. The summed E-state index contributed by atoms with van der Waals surface area (Å²) in [4.78, 5) is 2.60. The maximum atomic E-state index is 6.09. The fourth-order valence-electron chi connectivity index (χ4n) is 2.97. The van der Waals surface area contributed by atoms with Crippen molar-refractivity contribution in [3.63, 3.8) is 0 Å². The van der Waals surface area contributed by atoms with E-state index >= 15 is 0 Å². The maximum absolute atomic E-state index is 6.09. The molecule has 1 unspecified atom stereocenters. The first kappa shape index (κ1) is 13.6. The molecule has 1 fully saturated rings. The number of hydrogen-bond acceptors (Lipinski definition) is 2. The van der Waals surface area contributed by atoms with Gasteiger partial charge in [-0.25, -0.2) is 0 Å². The number of nitrogens with two attached hydrogens (primary N) is 1. The largest absolute Gasteiger partial charge is 0.329 e. The highest BCUT2D eigenvalue weighted by Gasteiger charge is 2.31. The fourth-order valence-corrected chi connectivity index (χ4v) is 2.97. The summed E-state index contributed by atoms with van der Waals surface area (Å²) >= 11 is 0. The van der Waals surface area contributed by atoms with Crippen molar-refractivity contribution >= 4 is 0 Å². The van der Waals surface area contributed by atoms with Crippen LogP contribution in [0.4, 0.5) is 0 Å². The van der Waals surface area contributed by atoms with Gasteiger partial charge in [0.2, 0.25) is 0 Å². The van der Waals surface area contributed by atoms with Gasteiger partial charge in [0.25, 0.3) is 0 Å². The first-order valence-electron chi connectivity index (χ1n) is 7.15. The number of aryl methyl sites for hydroxylation is 1. The third-order valence-electron chi connectivity index (χ3n) is 4.39. The molecule has 0 aliphatic carbocycles. The molecule has 1 aliphatic heterocycles. The summed E-state index contributed by atoms with van der Waals surface area (Å²) in [7, 11) is 0. The standard InChI is InChI=1S/C16H26N2/c1-14-8-4-5-9-15(14)12-16(2,13-17)18-10-6-3-7-11-18/h4-5,8-9H,3,6-7,10-13,17H2,1-2H3. The predicted molar refractivity (Wildman–Crippen MR) is 77.8 cm³/mol. The van der Waals surface area contributed by atoms with E-state index in [4.69, 9.17) is 5.73 Å². The van der Waals surface area contributed by atoms with Crippen LogP contribution in [0.3, 0.4) is 0 Å². The zero-order valence-corrected chi connectivity index (χ0v) is 11.8. The van der Waals surface area contributed by atoms with Gasteiger partial charge < -0.3 is 5.73 Å². The molecule has 0 aromatic heterocycles. The van der Waals surface area contributed by atoms with Gasteiger partial charge in [0.1, 0.15) is 0 Å². The van der Waals surface area contributed by atoms with E-state index in [-0.39, 0.29) is 5.54 Å². The molecule has 0 saturated carbocycles. The molecule has 1 aliphatic rings. The van der Waals surface area contributed by atoms with Crippen LogP contribution >= 0.6 is 0 Å². The molecule has 1 saturated heterocycles. The second-order valence-corrected chi connectivity index (χ2v) is 5.85. The zero-order chi connectivity index (χ0) is 13.0. The number of piperidine rings is 1. The molecular formula is C16H26N2. The third kappa shape index (κ3) is 2.93. The third-order valence-corrected chi connectivity index (χ3v) is 4.39. The lowest BCUT2D eigenvalue weighted by Crippen LogP contribution is -2.55. The van der Waals surface area contributed by atoms with Crippen molar-refractivity contribution in [1.82, 2.24) is 4.90 Å². The van der Waals surface area contributed by atoms with Gasteiger partial charge in [0.15, 0.2) is 0 Å². The summed E-state index contributed by atoms with van der Waals surface area (Å²) in [5.74, 6) is 0. The molecule has 2 nitrogen and oxygen atoms in total. The number of nitrogens with zero attached hydrogens (tertiary/aromatic N) is 1. The molecular weight excluding hydrogens is 220 g/mol. The van der Waals surface area contributed by atoms with Crippen LogP contribution in [0.15, 0.2) is 24.3 Å². The minimum Gasteiger partial charge on any atom is -0.329 e. The Kier molecular flexibility index (Phi) is 4.41. The number of rotatable bonds is 4. The summed E-state index contributed by atoms with van der Waals surface area (Å²) in [5.41, 5.74) is 9.04. The molecule has 100 valence electrons. The van der Waals surface area contributed by atoms with Crippen LogP contribution in [0.25, 0.3) is 0 Å². The summed E-state index contributed by atoms with van der Waals surface area (Å²) in [5, 5.41) is 0. The van der Waals surface area contributed by atoms with E-state index in [0.717, 1.165) is 13.0 Å². The van der Waals surface area contributed by atoms with Gasteiger partial charge in [-0.1, -0.05) is 30.7 Å². The highest BCUT2D eigenvalue weighted by atomic mass is 15.2. The van der Waals surface area contributed by atoms with Gasteiger partial charge in [-0.2, -0.15) is 0 Å². The van der Waals surface area contributed by atoms with Crippen LogP contribution in [0.5, 0.6) is 0 Å². The quantitative estimate of drug-likeness (QED) is 0.885. The number of hydrogen-bond donors (Lipinski definition) is 1. The van der Waals surface area contributed by atoms with Crippen molar-refractivity contribution in [3.8, 4) is 0 Å². The van der Waals surface area contributed by atoms with Crippen LogP contribution < -0.4 is 5.73 Å². The lowest BCUT2D eigenvalue weighted by Gasteiger charge is -2.43. The average Bonchev–Trinajstić information content (AvgIpc) is 2.42. The van der Waals surface area contributed by atoms with Crippen molar-refractivity contribution in [1.29, 1.82) is 0 Å². The van der Waals surface area contributed by atoms with Crippen molar-refractivity contribution in [2.24, 2.45) is 5.73 Å². The van der Waals surface area contributed by atoms with Gasteiger partial charge in [-0.3, -0.25) is 4.90 Å². The summed E-state index contributed by atoms with van der Waals surface area (Å²) < 4.78 is 0. The molecule has 1 atom stereocenters. The van der Waals surface area contributed by atoms with Gasteiger partial charge in [-0.05, 0) is 57.3 Å². The summed E-state index contributed by atoms with van der Waals surface area (Å²) in [6.07, 6.45) is 5.09. The maximum Gasteiger partial charge on any atom is 0.0343 e. The van der Waals surface area contributed by atoms with E-state index in [2.05, 4.69) is 43.0 Å². The smallest absolute Gasteiger partial charge is 0.0343 e. The molecule has 0 amide bonds. The van der Waals surface area contributed by atoms with Crippen molar-refractivity contribution in [3.05, 3.63) is 35.4 Å². The van der Waals surface area contributed by atoms with Crippen LogP contribution in [0, 0.1) is 6.92 Å². The normalized spacial score (nSPS) is 20.6.